The minimum absolute atomic E-state index is 0.264. The highest BCUT2D eigenvalue weighted by molar-refractivity contribution is 6.24. The monoisotopic (exact) mass is 590 g/mol. The summed E-state index contributed by atoms with van der Waals surface area (Å²) in [5.41, 5.74) is 2.41. The standard InChI is InChI=1S/C40H34N2O3/c1-44-40-38(42-21-30-19-28-11-3-7-24-15-17-26-9-5-13-32(30)37(26)35(24)28)39(43)33(22-45-40)41-20-29-18-27-10-2-6-23-14-16-25-8-4-12-31(29)36(25)34(23)27/h2-19,33,38-43H,20-22H2,1H3/t33-,38-,39+,40-/m1/s1. The average molecular weight is 591 g/mol. The average Bonchev–Trinajstić information content (AvgIpc) is 3.08. The van der Waals surface area contributed by atoms with E-state index in [9.17, 15) is 5.11 Å². The van der Waals surface area contributed by atoms with Crippen molar-refractivity contribution in [3.05, 3.63) is 120 Å². The Morgan fingerprint density at radius 3 is 1.62 bits per heavy atom. The molecule has 0 unspecified atom stereocenters. The van der Waals surface area contributed by atoms with Crippen LogP contribution in [0.1, 0.15) is 11.1 Å². The minimum Gasteiger partial charge on any atom is -0.390 e. The molecule has 0 amide bonds. The molecule has 4 atom stereocenters. The second kappa shape index (κ2) is 10.6. The van der Waals surface area contributed by atoms with E-state index in [2.05, 4.69) is 120 Å². The Kier molecular flexibility index (Phi) is 6.37. The van der Waals surface area contributed by atoms with Gasteiger partial charge in [0, 0.05) is 20.2 Å². The van der Waals surface area contributed by atoms with E-state index in [0.717, 1.165) is 0 Å². The molecular weight excluding hydrogens is 556 g/mol. The highest BCUT2D eigenvalue weighted by atomic mass is 16.7. The van der Waals surface area contributed by atoms with Crippen molar-refractivity contribution in [3.8, 4) is 0 Å². The van der Waals surface area contributed by atoms with Crippen LogP contribution in [-0.2, 0) is 22.6 Å². The van der Waals surface area contributed by atoms with Crippen molar-refractivity contribution < 1.29 is 14.6 Å². The number of hydrogen-bond donors (Lipinski definition) is 3. The molecule has 45 heavy (non-hydrogen) atoms. The Balaban J connectivity index is 1.00. The van der Waals surface area contributed by atoms with E-state index in [1.165, 1.54) is 75.8 Å². The molecule has 0 spiro atoms. The summed E-state index contributed by atoms with van der Waals surface area (Å²) < 4.78 is 11.9. The summed E-state index contributed by atoms with van der Waals surface area (Å²) in [4.78, 5) is 0. The van der Waals surface area contributed by atoms with Crippen LogP contribution >= 0.6 is 0 Å². The van der Waals surface area contributed by atoms with Gasteiger partial charge in [0.25, 0.3) is 0 Å². The normalized spacial score (nSPS) is 20.9. The molecule has 9 rings (SSSR count). The number of benzene rings is 8. The van der Waals surface area contributed by atoms with Gasteiger partial charge in [0.15, 0.2) is 6.29 Å². The topological polar surface area (TPSA) is 62.8 Å². The summed E-state index contributed by atoms with van der Waals surface area (Å²) in [5.74, 6) is 0. The van der Waals surface area contributed by atoms with Gasteiger partial charge in [0.1, 0.15) is 0 Å². The van der Waals surface area contributed by atoms with Gasteiger partial charge in [-0.1, -0.05) is 97.1 Å². The number of ether oxygens (including phenoxy) is 2. The van der Waals surface area contributed by atoms with Gasteiger partial charge in [-0.3, -0.25) is 0 Å². The third-order valence-electron chi connectivity index (χ3n) is 10.0. The lowest BCUT2D eigenvalue weighted by Gasteiger charge is -2.40. The van der Waals surface area contributed by atoms with Gasteiger partial charge in [0.2, 0.25) is 0 Å². The first-order valence-corrected chi connectivity index (χ1v) is 15.8. The molecule has 0 saturated carbocycles. The molecule has 1 saturated heterocycles. The van der Waals surface area contributed by atoms with Crippen molar-refractivity contribution in [1.29, 1.82) is 0 Å². The molecule has 3 N–H and O–H groups in total. The quantitative estimate of drug-likeness (QED) is 0.168. The number of aliphatic hydroxyl groups excluding tert-OH is 1. The Hall–Kier alpha value is -4.36. The summed E-state index contributed by atoms with van der Waals surface area (Å²) in [6.45, 7) is 1.56. The van der Waals surface area contributed by atoms with Crippen LogP contribution in [0, 0.1) is 0 Å². The lowest BCUT2D eigenvalue weighted by Crippen LogP contribution is -2.63. The van der Waals surface area contributed by atoms with Crippen molar-refractivity contribution in [2.24, 2.45) is 0 Å². The summed E-state index contributed by atoms with van der Waals surface area (Å²) in [5, 5.41) is 34.2. The van der Waals surface area contributed by atoms with Crippen LogP contribution in [0.5, 0.6) is 0 Å². The molecule has 1 fully saturated rings. The molecular formula is C40H34N2O3. The fraction of sp³-hybridized carbons (Fsp3) is 0.200. The molecule has 0 aromatic heterocycles. The van der Waals surface area contributed by atoms with Gasteiger partial charge in [0.05, 0.1) is 24.8 Å². The van der Waals surface area contributed by atoms with E-state index in [0.29, 0.717) is 19.7 Å². The summed E-state index contributed by atoms with van der Waals surface area (Å²) in [7, 11) is 1.64. The molecule has 0 bridgehead atoms. The van der Waals surface area contributed by atoms with Crippen LogP contribution < -0.4 is 10.6 Å². The Labute approximate surface area is 261 Å². The van der Waals surface area contributed by atoms with Crippen LogP contribution in [0.4, 0.5) is 0 Å². The fourth-order valence-electron chi connectivity index (χ4n) is 7.86. The summed E-state index contributed by atoms with van der Waals surface area (Å²) in [6, 6.07) is 38.8. The zero-order valence-electron chi connectivity index (χ0n) is 25.1. The predicted molar refractivity (Wildman–Crippen MR) is 184 cm³/mol. The van der Waals surface area contributed by atoms with E-state index in [-0.39, 0.29) is 6.04 Å². The smallest absolute Gasteiger partial charge is 0.175 e. The van der Waals surface area contributed by atoms with E-state index in [1.54, 1.807) is 7.11 Å². The van der Waals surface area contributed by atoms with Crippen LogP contribution in [0.25, 0.3) is 64.6 Å². The van der Waals surface area contributed by atoms with Gasteiger partial charge in [-0.15, -0.1) is 0 Å². The molecule has 8 aromatic rings. The van der Waals surface area contributed by atoms with Crippen LogP contribution in [0.2, 0.25) is 0 Å². The van der Waals surface area contributed by atoms with Crippen molar-refractivity contribution in [2.45, 2.75) is 37.6 Å². The van der Waals surface area contributed by atoms with E-state index in [1.807, 2.05) is 0 Å². The van der Waals surface area contributed by atoms with Gasteiger partial charge in [-0.25, -0.2) is 0 Å². The van der Waals surface area contributed by atoms with Crippen LogP contribution in [0.15, 0.2) is 109 Å². The Morgan fingerprint density at radius 2 is 1.09 bits per heavy atom. The highest BCUT2D eigenvalue weighted by Gasteiger charge is 2.39. The highest BCUT2D eigenvalue weighted by Crippen LogP contribution is 2.38. The largest absolute Gasteiger partial charge is 0.390 e. The first kappa shape index (κ1) is 27.0. The van der Waals surface area contributed by atoms with Crippen molar-refractivity contribution in [1.82, 2.24) is 10.6 Å². The van der Waals surface area contributed by atoms with Crippen molar-refractivity contribution >= 4 is 64.6 Å². The molecule has 1 aliphatic rings. The second-order valence-corrected chi connectivity index (χ2v) is 12.5. The maximum Gasteiger partial charge on any atom is 0.175 e. The molecule has 5 heteroatoms. The summed E-state index contributed by atoms with van der Waals surface area (Å²) in [6.07, 6.45) is -1.27. The van der Waals surface area contributed by atoms with Crippen LogP contribution in [-0.4, -0.2) is 43.3 Å². The predicted octanol–water partition coefficient (Wildman–Crippen LogP) is 7.46. The molecule has 222 valence electrons. The van der Waals surface area contributed by atoms with Gasteiger partial charge >= 0.3 is 0 Å². The second-order valence-electron chi connectivity index (χ2n) is 12.5. The van der Waals surface area contributed by atoms with Crippen LogP contribution in [0.3, 0.4) is 0 Å². The maximum atomic E-state index is 11.7. The maximum absolute atomic E-state index is 11.7. The van der Waals surface area contributed by atoms with Crippen molar-refractivity contribution in [3.63, 3.8) is 0 Å². The molecule has 1 aliphatic heterocycles. The molecule has 0 radical (unpaired) electrons. The number of nitrogens with one attached hydrogen (secondary N) is 2. The number of methoxy groups -OCH3 is 1. The molecule has 5 nitrogen and oxygen atoms in total. The van der Waals surface area contributed by atoms with E-state index < -0.39 is 18.4 Å². The third-order valence-corrected chi connectivity index (χ3v) is 10.0. The third kappa shape index (κ3) is 4.27. The Morgan fingerprint density at radius 1 is 0.622 bits per heavy atom. The lowest BCUT2D eigenvalue weighted by molar-refractivity contribution is -0.200. The first-order chi connectivity index (χ1) is 22.2. The van der Waals surface area contributed by atoms with Gasteiger partial charge < -0.3 is 25.2 Å². The number of hydrogen-bond acceptors (Lipinski definition) is 5. The molecule has 8 aromatic carbocycles. The van der Waals surface area contributed by atoms with Gasteiger partial charge in [-0.2, -0.15) is 0 Å². The van der Waals surface area contributed by atoms with Crippen molar-refractivity contribution in [2.75, 3.05) is 13.7 Å². The fourth-order valence-corrected chi connectivity index (χ4v) is 7.86. The Bertz CT molecular complexity index is 2330. The van der Waals surface area contributed by atoms with Gasteiger partial charge in [-0.05, 0) is 87.9 Å². The number of aliphatic hydroxyl groups is 1. The summed E-state index contributed by atoms with van der Waals surface area (Å²) >= 11 is 0. The number of rotatable bonds is 7. The van der Waals surface area contributed by atoms with E-state index >= 15 is 0 Å². The SMILES string of the molecule is CO[C@@H]1OC[C@@H](NCc2cc3cccc4ccc5cccc2c5c43)[C@H](O)[C@H]1NCc1cc2cccc3ccc4cccc1c4c32. The minimum atomic E-state index is -0.713. The van der Waals surface area contributed by atoms with E-state index in [4.69, 9.17) is 9.47 Å². The first-order valence-electron chi connectivity index (χ1n) is 15.8. The molecule has 0 aliphatic carbocycles. The lowest BCUT2D eigenvalue weighted by atomic mass is 9.91. The zero-order valence-corrected chi connectivity index (χ0v) is 25.1. The zero-order chi connectivity index (χ0) is 30.1. The molecule has 1 heterocycles.